The summed E-state index contributed by atoms with van der Waals surface area (Å²) in [5.41, 5.74) is 1.68. The van der Waals surface area contributed by atoms with Gasteiger partial charge in [0.15, 0.2) is 0 Å². The molecule has 0 fully saturated rings. The van der Waals surface area contributed by atoms with Gasteiger partial charge in [-0.2, -0.15) is 0 Å². The molecule has 2 aromatic rings. The van der Waals surface area contributed by atoms with Crippen molar-refractivity contribution >= 4 is 24.4 Å². The van der Waals surface area contributed by atoms with Crippen LogP contribution in [-0.4, -0.2) is 12.1 Å². The predicted molar refractivity (Wildman–Crippen MR) is 71.8 cm³/mol. The van der Waals surface area contributed by atoms with Gasteiger partial charge in [-0.25, -0.2) is 0 Å². The third kappa shape index (κ3) is 3.50. The lowest BCUT2D eigenvalue weighted by atomic mass is 9.80. The molecule has 0 amide bonds. The van der Waals surface area contributed by atoms with Crippen molar-refractivity contribution in [3.8, 4) is 5.75 Å². The van der Waals surface area contributed by atoms with Gasteiger partial charge in [0, 0.05) is 11.9 Å². The summed E-state index contributed by atoms with van der Waals surface area (Å²) in [7, 11) is -1.12. The molecule has 2 rings (SSSR count). The maximum Gasteiger partial charge on any atom is 0.508 e. The fourth-order valence-electron chi connectivity index (χ4n) is 1.52. The van der Waals surface area contributed by atoms with Gasteiger partial charge in [0.25, 0.3) is 0 Å². The molecule has 1 N–H and O–H groups in total. The Morgan fingerprint density at radius 3 is 2.28 bits per heavy atom. The predicted octanol–water partition coefficient (Wildman–Crippen LogP) is 2.12. The molecular formula is C13H12BClO3. The van der Waals surface area contributed by atoms with Gasteiger partial charge in [0.1, 0.15) is 12.4 Å². The standard InChI is InChI=1S/C13H12BClO3/c15-18-14(16)12-6-8-13(9-7-12)17-10-11-4-2-1-3-5-11/h1-9,16H,10H2. The maximum absolute atomic E-state index is 9.33. The monoisotopic (exact) mass is 262 g/mol. The normalized spacial score (nSPS) is 10.1. The summed E-state index contributed by atoms with van der Waals surface area (Å²) in [6.45, 7) is 0.509. The second-order valence-corrected chi connectivity index (χ2v) is 3.96. The second kappa shape index (κ2) is 6.45. The van der Waals surface area contributed by atoms with E-state index in [4.69, 9.17) is 16.6 Å². The van der Waals surface area contributed by atoms with E-state index in [1.165, 1.54) is 0 Å². The van der Waals surface area contributed by atoms with Gasteiger partial charge in [-0.15, -0.1) is 0 Å². The van der Waals surface area contributed by atoms with Crippen LogP contribution in [-0.2, 0) is 10.8 Å². The lowest BCUT2D eigenvalue weighted by Crippen LogP contribution is -2.30. The molecule has 92 valence electrons. The van der Waals surface area contributed by atoms with E-state index in [-0.39, 0.29) is 0 Å². The molecule has 0 aromatic heterocycles. The molecule has 2 aromatic carbocycles. The van der Waals surface area contributed by atoms with Crippen LogP contribution < -0.4 is 10.2 Å². The Kier molecular flexibility index (Phi) is 4.64. The van der Waals surface area contributed by atoms with E-state index in [1.54, 1.807) is 24.3 Å². The van der Waals surface area contributed by atoms with Crippen LogP contribution in [0.2, 0.25) is 0 Å². The van der Waals surface area contributed by atoms with Crippen molar-refractivity contribution < 1.29 is 14.0 Å². The molecule has 0 heterocycles. The molecule has 5 heteroatoms. The molecule has 18 heavy (non-hydrogen) atoms. The quantitative estimate of drug-likeness (QED) is 0.839. The average Bonchev–Trinajstić information content (AvgIpc) is 2.46. The highest BCUT2D eigenvalue weighted by Gasteiger charge is 2.15. The topological polar surface area (TPSA) is 38.7 Å². The summed E-state index contributed by atoms with van der Waals surface area (Å²) in [5.74, 6) is 0.726. The smallest absolute Gasteiger partial charge is 0.489 e. The first-order valence-corrected chi connectivity index (χ1v) is 5.82. The highest BCUT2D eigenvalue weighted by atomic mass is 35.5. The molecule has 0 unspecified atom stereocenters. The van der Waals surface area contributed by atoms with Crippen molar-refractivity contribution in [2.75, 3.05) is 0 Å². The van der Waals surface area contributed by atoms with Gasteiger partial charge in [-0.05, 0) is 23.2 Å². The number of hydrogen-bond acceptors (Lipinski definition) is 3. The lowest BCUT2D eigenvalue weighted by Gasteiger charge is -2.07. The molecule has 0 saturated carbocycles. The van der Waals surface area contributed by atoms with Crippen LogP contribution in [0.5, 0.6) is 5.75 Å². The van der Waals surface area contributed by atoms with Crippen molar-refractivity contribution in [3.63, 3.8) is 0 Å². The van der Waals surface area contributed by atoms with E-state index < -0.39 is 7.12 Å². The van der Waals surface area contributed by atoms with Crippen molar-refractivity contribution in [2.45, 2.75) is 6.61 Å². The highest BCUT2D eigenvalue weighted by Crippen LogP contribution is 2.11. The second-order valence-electron chi connectivity index (χ2n) is 3.78. The Bertz CT molecular complexity index is 475. The third-order valence-electron chi connectivity index (χ3n) is 2.50. The van der Waals surface area contributed by atoms with Gasteiger partial charge >= 0.3 is 7.12 Å². The summed E-state index contributed by atoms with van der Waals surface area (Å²) < 4.78 is 9.90. The minimum absolute atomic E-state index is 0.509. The minimum atomic E-state index is -1.12. The Balaban J connectivity index is 1.94. The molecule has 0 saturated heterocycles. The van der Waals surface area contributed by atoms with Crippen LogP contribution in [0.25, 0.3) is 0 Å². The van der Waals surface area contributed by atoms with E-state index in [0.29, 0.717) is 12.1 Å². The van der Waals surface area contributed by atoms with Crippen molar-refractivity contribution in [1.82, 2.24) is 0 Å². The van der Waals surface area contributed by atoms with Crippen LogP contribution in [0.3, 0.4) is 0 Å². The van der Waals surface area contributed by atoms with Crippen LogP contribution in [0.1, 0.15) is 5.56 Å². The van der Waals surface area contributed by atoms with Gasteiger partial charge in [-0.1, -0.05) is 42.5 Å². The zero-order chi connectivity index (χ0) is 12.8. The summed E-state index contributed by atoms with van der Waals surface area (Å²) in [4.78, 5) is 0. The SMILES string of the molecule is OB(OCl)c1ccc(OCc2ccccc2)cc1. The summed E-state index contributed by atoms with van der Waals surface area (Å²) in [6, 6.07) is 16.8. The molecule has 0 aliphatic rings. The van der Waals surface area contributed by atoms with E-state index in [0.717, 1.165) is 11.3 Å². The summed E-state index contributed by atoms with van der Waals surface area (Å²) in [5, 5.41) is 9.33. The molecule has 0 aliphatic carbocycles. The molecule has 3 nitrogen and oxygen atoms in total. The number of ether oxygens (including phenoxy) is 1. The number of rotatable bonds is 5. The van der Waals surface area contributed by atoms with E-state index in [9.17, 15) is 5.02 Å². The first-order valence-electron chi connectivity index (χ1n) is 5.52. The number of hydrogen-bond donors (Lipinski definition) is 1. The zero-order valence-electron chi connectivity index (χ0n) is 9.62. The Hall–Kier alpha value is -1.49. The van der Waals surface area contributed by atoms with E-state index in [2.05, 4.69) is 4.21 Å². The van der Waals surface area contributed by atoms with Gasteiger partial charge in [0.05, 0.1) is 0 Å². The molecule has 0 spiro atoms. The third-order valence-corrected chi connectivity index (χ3v) is 2.67. The Morgan fingerprint density at radius 1 is 1.00 bits per heavy atom. The summed E-state index contributed by atoms with van der Waals surface area (Å²) in [6.07, 6.45) is 0. The first kappa shape index (κ1) is 13.0. The van der Waals surface area contributed by atoms with Crippen LogP contribution in [0.4, 0.5) is 0 Å². The fraction of sp³-hybridized carbons (Fsp3) is 0.0769. The molecular weight excluding hydrogens is 250 g/mol. The van der Waals surface area contributed by atoms with Crippen molar-refractivity contribution in [1.29, 1.82) is 0 Å². The highest BCUT2D eigenvalue weighted by molar-refractivity contribution is 6.63. The van der Waals surface area contributed by atoms with Crippen LogP contribution in [0, 0.1) is 0 Å². The van der Waals surface area contributed by atoms with Crippen LogP contribution >= 0.6 is 11.9 Å². The minimum Gasteiger partial charge on any atom is -0.489 e. The fourth-order valence-corrected chi connectivity index (χ4v) is 1.62. The number of halogens is 1. The molecule has 0 aliphatic heterocycles. The largest absolute Gasteiger partial charge is 0.508 e. The zero-order valence-corrected chi connectivity index (χ0v) is 10.4. The number of benzene rings is 2. The van der Waals surface area contributed by atoms with Gasteiger partial charge in [-0.3, -0.25) is 0 Å². The van der Waals surface area contributed by atoms with E-state index in [1.807, 2.05) is 30.3 Å². The van der Waals surface area contributed by atoms with Crippen molar-refractivity contribution in [3.05, 3.63) is 60.2 Å². The molecule has 0 bridgehead atoms. The van der Waals surface area contributed by atoms with E-state index >= 15 is 0 Å². The van der Waals surface area contributed by atoms with Crippen LogP contribution in [0.15, 0.2) is 54.6 Å². The molecule has 0 radical (unpaired) electrons. The average molecular weight is 263 g/mol. The van der Waals surface area contributed by atoms with Gasteiger partial charge in [0.2, 0.25) is 0 Å². The lowest BCUT2D eigenvalue weighted by molar-refractivity contribution is 0.306. The Labute approximate surface area is 111 Å². The molecule has 0 atom stereocenters. The Morgan fingerprint density at radius 2 is 1.67 bits per heavy atom. The van der Waals surface area contributed by atoms with Crippen molar-refractivity contribution in [2.24, 2.45) is 0 Å². The summed E-state index contributed by atoms with van der Waals surface area (Å²) >= 11 is 5.09. The van der Waals surface area contributed by atoms with Gasteiger partial charge < -0.3 is 14.0 Å². The maximum atomic E-state index is 9.33. The first-order chi connectivity index (χ1) is 8.79.